The highest BCUT2D eigenvalue weighted by Gasteiger charge is 2.62. The lowest BCUT2D eigenvalue weighted by molar-refractivity contribution is -0.130. The molecule has 0 aromatic carbocycles. The van der Waals surface area contributed by atoms with Gasteiger partial charge in [-0.05, 0) is 116 Å². The number of fused-ring (bicyclic) bond motifs is 8. The third-order valence-electron chi connectivity index (χ3n) is 12.0. The van der Waals surface area contributed by atoms with Crippen LogP contribution in [0.15, 0.2) is 0 Å². The third kappa shape index (κ3) is 2.86. The first-order valence-corrected chi connectivity index (χ1v) is 13.5. The van der Waals surface area contributed by atoms with E-state index in [0.29, 0.717) is 5.92 Å². The van der Waals surface area contributed by atoms with E-state index in [1.165, 1.54) is 45.2 Å². The number of aliphatic hydroxyl groups is 2. The molecule has 3 heteroatoms. The first-order chi connectivity index (χ1) is 14.4. The topological polar surface area (TPSA) is 43.7 Å². The molecule has 2 N–H and O–H groups in total. The largest absolute Gasteiger partial charge is 0.393 e. The molecule has 0 radical (unpaired) electrons. The van der Waals surface area contributed by atoms with Gasteiger partial charge in [0.2, 0.25) is 0 Å². The second-order valence-corrected chi connectivity index (χ2v) is 13.1. The highest BCUT2D eigenvalue weighted by atomic mass is 16.3. The minimum atomic E-state index is -0.181. The fourth-order valence-corrected chi connectivity index (χ4v) is 10.6. The lowest BCUT2D eigenvalue weighted by atomic mass is 9.51. The molecule has 0 unspecified atom stereocenters. The second-order valence-electron chi connectivity index (χ2n) is 13.1. The summed E-state index contributed by atoms with van der Waals surface area (Å²) in [5, 5.41) is 21.5. The van der Waals surface area contributed by atoms with Gasteiger partial charge in [0.05, 0.1) is 12.2 Å². The number of piperidine rings is 2. The van der Waals surface area contributed by atoms with Crippen molar-refractivity contribution in [3.8, 4) is 0 Å². The van der Waals surface area contributed by atoms with Crippen molar-refractivity contribution < 1.29 is 10.2 Å². The molecule has 170 valence electrons. The van der Waals surface area contributed by atoms with Crippen LogP contribution in [0.4, 0.5) is 0 Å². The van der Waals surface area contributed by atoms with Crippen LogP contribution in [0.2, 0.25) is 0 Å². The van der Waals surface area contributed by atoms with Crippen molar-refractivity contribution in [2.45, 2.75) is 96.8 Å². The van der Waals surface area contributed by atoms with E-state index >= 15 is 0 Å². The van der Waals surface area contributed by atoms with E-state index in [9.17, 15) is 10.2 Å². The van der Waals surface area contributed by atoms with Crippen molar-refractivity contribution in [1.29, 1.82) is 0 Å². The lowest BCUT2D eigenvalue weighted by Crippen LogP contribution is -2.58. The van der Waals surface area contributed by atoms with E-state index in [1.54, 1.807) is 0 Å². The van der Waals surface area contributed by atoms with Gasteiger partial charge in [-0.1, -0.05) is 20.8 Å². The molecular formula is C27H45NO2. The molecule has 0 aromatic heterocycles. The standard InChI is InChI=1S/C27H45NO2/c1-15-4-7-25-16(2)18-5-6-19-20(22(18)14-28(25)13-15)11-23-21(19)12-26(30)24-10-17(29)8-9-27(23,24)3/h15-26,29-30H,4-14H2,1-3H3/t15-,16+,17-,18-,19+,20+,21-,22+,23-,24+,25+,26+,27+/m0/s1. The van der Waals surface area contributed by atoms with E-state index in [1.807, 2.05) is 0 Å². The van der Waals surface area contributed by atoms with Crippen LogP contribution in [0.3, 0.4) is 0 Å². The average Bonchev–Trinajstić information content (AvgIpc) is 3.09. The number of nitrogens with zero attached hydrogens (tertiary/aromatic N) is 1. The Balaban J connectivity index is 1.28. The van der Waals surface area contributed by atoms with Gasteiger partial charge in [-0.2, -0.15) is 0 Å². The molecule has 6 aliphatic rings. The van der Waals surface area contributed by atoms with E-state index in [-0.39, 0.29) is 17.6 Å². The van der Waals surface area contributed by atoms with Crippen molar-refractivity contribution >= 4 is 0 Å². The maximum atomic E-state index is 11.2. The highest BCUT2D eigenvalue weighted by molar-refractivity contribution is 5.12. The summed E-state index contributed by atoms with van der Waals surface area (Å²) in [5.74, 6) is 7.22. The molecule has 13 atom stereocenters. The molecule has 4 aliphatic carbocycles. The van der Waals surface area contributed by atoms with Crippen LogP contribution in [0.1, 0.15) is 78.6 Å². The Hall–Kier alpha value is -0.120. The van der Waals surface area contributed by atoms with Crippen LogP contribution in [-0.4, -0.2) is 46.5 Å². The van der Waals surface area contributed by atoms with Crippen molar-refractivity contribution in [1.82, 2.24) is 4.90 Å². The van der Waals surface area contributed by atoms with Crippen LogP contribution >= 0.6 is 0 Å². The van der Waals surface area contributed by atoms with Crippen molar-refractivity contribution in [3.05, 3.63) is 0 Å². The molecule has 2 heterocycles. The van der Waals surface area contributed by atoms with Gasteiger partial charge in [0.25, 0.3) is 0 Å². The van der Waals surface area contributed by atoms with Crippen molar-refractivity contribution in [2.24, 2.45) is 58.7 Å². The summed E-state index contributed by atoms with van der Waals surface area (Å²) in [4.78, 5) is 2.92. The van der Waals surface area contributed by atoms with E-state index in [2.05, 4.69) is 25.7 Å². The molecule has 2 aliphatic heterocycles. The predicted molar refractivity (Wildman–Crippen MR) is 120 cm³/mol. The molecule has 0 bridgehead atoms. The summed E-state index contributed by atoms with van der Waals surface area (Å²) < 4.78 is 0. The summed E-state index contributed by atoms with van der Waals surface area (Å²) in [6, 6.07) is 0.853. The highest BCUT2D eigenvalue weighted by Crippen LogP contribution is 2.67. The van der Waals surface area contributed by atoms with Gasteiger partial charge >= 0.3 is 0 Å². The Labute approximate surface area is 184 Å². The Bertz CT molecular complexity index is 665. The fourth-order valence-electron chi connectivity index (χ4n) is 10.6. The van der Waals surface area contributed by atoms with Crippen LogP contribution in [0.25, 0.3) is 0 Å². The molecule has 30 heavy (non-hydrogen) atoms. The molecule has 0 aromatic rings. The Morgan fingerprint density at radius 3 is 2.37 bits per heavy atom. The van der Waals surface area contributed by atoms with E-state index in [0.717, 1.165) is 79.1 Å². The van der Waals surface area contributed by atoms with Gasteiger partial charge in [0.15, 0.2) is 0 Å². The molecule has 6 fully saturated rings. The van der Waals surface area contributed by atoms with Crippen LogP contribution in [0.5, 0.6) is 0 Å². The summed E-state index contributed by atoms with van der Waals surface area (Å²) in [7, 11) is 0. The second kappa shape index (κ2) is 7.19. The summed E-state index contributed by atoms with van der Waals surface area (Å²) >= 11 is 0. The number of aliphatic hydroxyl groups excluding tert-OH is 2. The Morgan fingerprint density at radius 1 is 0.733 bits per heavy atom. The van der Waals surface area contributed by atoms with Gasteiger partial charge in [-0.3, -0.25) is 4.90 Å². The monoisotopic (exact) mass is 415 g/mol. The molecule has 6 rings (SSSR count). The zero-order chi connectivity index (χ0) is 20.8. The maximum Gasteiger partial charge on any atom is 0.0577 e. The first-order valence-electron chi connectivity index (χ1n) is 13.5. The number of hydrogen-bond acceptors (Lipinski definition) is 3. The minimum Gasteiger partial charge on any atom is -0.393 e. The normalized spacial score (nSPS) is 60.7. The molecule has 0 amide bonds. The Kier molecular flexibility index (Phi) is 4.91. The van der Waals surface area contributed by atoms with E-state index in [4.69, 9.17) is 0 Å². The van der Waals surface area contributed by atoms with Crippen molar-refractivity contribution in [2.75, 3.05) is 13.1 Å². The Morgan fingerprint density at radius 2 is 1.53 bits per heavy atom. The molecule has 0 spiro atoms. The zero-order valence-electron chi connectivity index (χ0n) is 19.5. The summed E-state index contributed by atoms with van der Waals surface area (Å²) in [5.41, 5.74) is 0.261. The maximum absolute atomic E-state index is 11.2. The van der Waals surface area contributed by atoms with Gasteiger partial charge in [0.1, 0.15) is 0 Å². The lowest BCUT2D eigenvalue weighted by Gasteiger charge is -2.56. The van der Waals surface area contributed by atoms with Crippen LogP contribution in [0, 0.1) is 58.7 Å². The third-order valence-corrected chi connectivity index (χ3v) is 12.0. The predicted octanol–water partition coefficient (Wildman–Crippen LogP) is 4.56. The van der Waals surface area contributed by atoms with E-state index < -0.39 is 0 Å². The molecular weight excluding hydrogens is 370 g/mol. The summed E-state index contributed by atoms with van der Waals surface area (Å²) in [6.07, 6.45) is 10.7. The number of rotatable bonds is 0. The van der Waals surface area contributed by atoms with Gasteiger partial charge in [0, 0.05) is 19.1 Å². The fraction of sp³-hybridized carbons (Fsp3) is 1.00. The molecule has 2 saturated heterocycles. The van der Waals surface area contributed by atoms with Gasteiger partial charge in [-0.25, -0.2) is 0 Å². The van der Waals surface area contributed by atoms with Crippen molar-refractivity contribution in [3.63, 3.8) is 0 Å². The van der Waals surface area contributed by atoms with Crippen LogP contribution < -0.4 is 0 Å². The SMILES string of the molecule is C[C@H]1CC[C@@H]2[C@H](C)[C@@H]3CC[C@@H]4[C@@H](C[C@H]5[C@H]4C[C@@H](O)[C@H]4C[C@@H](O)CC[C@@]45C)[C@@H]3CN2C1. The first kappa shape index (κ1) is 20.5. The quantitative estimate of drug-likeness (QED) is 0.609. The average molecular weight is 416 g/mol. The minimum absolute atomic E-state index is 0.180. The molecule has 3 nitrogen and oxygen atoms in total. The zero-order valence-corrected chi connectivity index (χ0v) is 19.5. The smallest absolute Gasteiger partial charge is 0.0577 e. The van der Waals surface area contributed by atoms with Crippen LogP contribution in [-0.2, 0) is 0 Å². The van der Waals surface area contributed by atoms with Gasteiger partial charge < -0.3 is 10.2 Å². The number of hydrogen-bond donors (Lipinski definition) is 2. The van der Waals surface area contributed by atoms with Gasteiger partial charge in [-0.15, -0.1) is 0 Å². The molecule has 4 saturated carbocycles. The summed E-state index contributed by atoms with van der Waals surface area (Å²) in [6.45, 7) is 10.3.